The Labute approximate surface area is 246 Å². The van der Waals surface area contributed by atoms with E-state index in [4.69, 9.17) is 9.97 Å². The van der Waals surface area contributed by atoms with Crippen LogP contribution in [0.4, 0.5) is 5.82 Å². The lowest BCUT2D eigenvalue weighted by Gasteiger charge is -2.53. The maximum absolute atomic E-state index is 13.8. The molecule has 4 fully saturated rings. The van der Waals surface area contributed by atoms with Crippen molar-refractivity contribution in [3.8, 4) is 11.4 Å². The van der Waals surface area contributed by atoms with E-state index in [0.29, 0.717) is 35.7 Å². The van der Waals surface area contributed by atoms with Gasteiger partial charge in [0.15, 0.2) is 5.82 Å². The number of hydrogen-bond donors (Lipinski definition) is 2. The van der Waals surface area contributed by atoms with E-state index in [1.54, 1.807) is 17.9 Å². The number of carbonyl (C=O) groups excluding carboxylic acids is 2. The molecule has 2 bridgehead atoms. The normalized spacial score (nSPS) is 27.1. The molecule has 1 aliphatic carbocycles. The number of nitrogens with zero attached hydrogens (tertiary/aromatic N) is 5. The highest BCUT2D eigenvalue weighted by molar-refractivity contribution is 5.93. The van der Waals surface area contributed by atoms with Crippen LogP contribution in [0.5, 0.6) is 0 Å². The van der Waals surface area contributed by atoms with Gasteiger partial charge in [0, 0.05) is 69.9 Å². The Morgan fingerprint density at radius 3 is 2.38 bits per heavy atom. The molecule has 0 radical (unpaired) electrons. The van der Waals surface area contributed by atoms with E-state index in [2.05, 4.69) is 34.5 Å². The van der Waals surface area contributed by atoms with Crippen LogP contribution in [0.3, 0.4) is 0 Å². The number of likely N-dealkylation sites (tertiary alicyclic amines) is 1. The number of amides is 2. The Bertz CT molecular complexity index is 1470. The van der Waals surface area contributed by atoms with Crippen LogP contribution in [0.15, 0.2) is 60.7 Å². The summed E-state index contributed by atoms with van der Waals surface area (Å²) in [4.78, 5) is 41.3. The molecule has 2 unspecified atom stereocenters. The quantitative estimate of drug-likeness (QED) is 0.490. The Balaban J connectivity index is 1.08. The fraction of sp³-hybridized carbons (Fsp3) is 0.455. The highest BCUT2D eigenvalue weighted by Crippen LogP contribution is 2.42. The first kappa shape index (κ1) is 27.0. The van der Waals surface area contributed by atoms with Gasteiger partial charge in [-0.3, -0.25) is 14.5 Å². The summed E-state index contributed by atoms with van der Waals surface area (Å²) in [6, 6.07) is 20.2. The van der Waals surface area contributed by atoms with E-state index in [1.165, 1.54) is 11.1 Å². The predicted molar refractivity (Wildman–Crippen MR) is 160 cm³/mol. The maximum atomic E-state index is 13.8. The second-order valence-electron chi connectivity index (χ2n) is 12.3. The smallest absolute Gasteiger partial charge is 0.272 e. The standard InChI is InChI=1S/C33H38N6O3/c1-21(40)39-18-25-15-26(19-39)31(25)35-30-16-27(34-32(36-30)23-8-3-2-4-9-23)33(42)38-14-12-28(29(41)20-38)37-13-11-22-7-5-6-10-24(22)17-37/h2-10,16,25-26,28-29,31,41H,11-15,17-20H2,1H3,(H,34,35,36)/t25?,26?,28-,29-,31?/m1/s1. The molecule has 1 saturated carbocycles. The van der Waals surface area contributed by atoms with E-state index in [-0.39, 0.29) is 30.4 Å². The molecule has 2 aromatic carbocycles. The fourth-order valence-corrected chi connectivity index (χ4v) is 7.39. The summed E-state index contributed by atoms with van der Waals surface area (Å²) >= 11 is 0. The van der Waals surface area contributed by atoms with Crippen molar-refractivity contribution in [1.29, 1.82) is 0 Å². The number of carbonyl (C=O) groups is 2. The average molecular weight is 567 g/mol. The first-order valence-electron chi connectivity index (χ1n) is 15.2. The number of aliphatic hydroxyl groups excluding tert-OH is 1. The van der Waals surface area contributed by atoms with Gasteiger partial charge in [-0.2, -0.15) is 0 Å². The third-order valence-corrected chi connectivity index (χ3v) is 9.73. The number of rotatable bonds is 5. The first-order chi connectivity index (χ1) is 20.4. The molecule has 2 amide bonds. The van der Waals surface area contributed by atoms with Crippen LogP contribution in [-0.2, 0) is 17.8 Å². The lowest BCUT2D eigenvalue weighted by Crippen LogP contribution is -2.62. The van der Waals surface area contributed by atoms with Crippen LogP contribution in [0.2, 0.25) is 0 Å². The summed E-state index contributed by atoms with van der Waals surface area (Å²) in [5.74, 6) is 1.82. The van der Waals surface area contributed by atoms with Gasteiger partial charge in [-0.1, -0.05) is 54.6 Å². The molecular formula is C33H38N6O3. The molecule has 9 heteroatoms. The molecule has 3 saturated heterocycles. The second kappa shape index (κ2) is 11.1. The maximum Gasteiger partial charge on any atom is 0.272 e. The number of aromatic nitrogens is 2. The van der Waals surface area contributed by atoms with Gasteiger partial charge in [-0.25, -0.2) is 9.97 Å². The molecule has 42 heavy (non-hydrogen) atoms. The van der Waals surface area contributed by atoms with Gasteiger partial charge in [0.2, 0.25) is 5.91 Å². The van der Waals surface area contributed by atoms with E-state index in [0.717, 1.165) is 51.0 Å². The number of aliphatic hydroxyl groups is 1. The number of hydrogen-bond acceptors (Lipinski definition) is 7. The molecule has 9 nitrogen and oxygen atoms in total. The van der Waals surface area contributed by atoms with Crippen LogP contribution in [0, 0.1) is 11.8 Å². The van der Waals surface area contributed by atoms with E-state index in [1.807, 2.05) is 35.2 Å². The largest absolute Gasteiger partial charge is 0.390 e. The molecule has 8 rings (SSSR count). The van der Waals surface area contributed by atoms with Gasteiger partial charge in [-0.05, 0) is 42.2 Å². The molecule has 3 aromatic rings. The van der Waals surface area contributed by atoms with Crippen molar-refractivity contribution in [2.24, 2.45) is 11.8 Å². The van der Waals surface area contributed by atoms with Gasteiger partial charge >= 0.3 is 0 Å². The van der Waals surface area contributed by atoms with Crippen molar-refractivity contribution in [3.05, 3.63) is 77.5 Å². The van der Waals surface area contributed by atoms with Crippen LogP contribution < -0.4 is 5.32 Å². The molecule has 218 valence electrons. The van der Waals surface area contributed by atoms with Crippen molar-refractivity contribution in [2.75, 3.05) is 38.0 Å². The summed E-state index contributed by atoms with van der Waals surface area (Å²) in [6.45, 7) is 5.74. The fourth-order valence-electron chi connectivity index (χ4n) is 7.39. The lowest BCUT2D eigenvalue weighted by molar-refractivity contribution is -0.135. The van der Waals surface area contributed by atoms with Crippen molar-refractivity contribution >= 4 is 17.6 Å². The van der Waals surface area contributed by atoms with Crippen molar-refractivity contribution < 1.29 is 14.7 Å². The van der Waals surface area contributed by atoms with E-state index >= 15 is 0 Å². The minimum atomic E-state index is -0.625. The van der Waals surface area contributed by atoms with Crippen LogP contribution >= 0.6 is 0 Å². The minimum absolute atomic E-state index is 0.0255. The highest BCUT2D eigenvalue weighted by Gasteiger charge is 2.47. The van der Waals surface area contributed by atoms with Crippen LogP contribution in [-0.4, -0.2) is 92.5 Å². The number of nitrogens with one attached hydrogen (secondary N) is 1. The summed E-state index contributed by atoms with van der Waals surface area (Å²) in [5.41, 5.74) is 3.89. The van der Waals surface area contributed by atoms with Crippen molar-refractivity contribution in [1.82, 2.24) is 24.7 Å². The van der Waals surface area contributed by atoms with Crippen molar-refractivity contribution in [2.45, 2.75) is 50.9 Å². The van der Waals surface area contributed by atoms with Crippen LogP contribution in [0.1, 0.15) is 41.4 Å². The number of β-amino-alcohol motifs (C(OH)–C–C–N with tert-alkyl or cyclic N) is 1. The molecule has 4 atom stereocenters. The monoisotopic (exact) mass is 566 g/mol. The summed E-state index contributed by atoms with van der Waals surface area (Å²) in [5, 5.41) is 14.8. The van der Waals surface area contributed by atoms with Gasteiger partial charge in [0.1, 0.15) is 11.5 Å². The molecule has 0 spiro atoms. The zero-order valence-electron chi connectivity index (χ0n) is 24.0. The van der Waals surface area contributed by atoms with Gasteiger partial charge in [-0.15, -0.1) is 0 Å². The van der Waals surface area contributed by atoms with E-state index < -0.39 is 6.10 Å². The highest BCUT2D eigenvalue weighted by atomic mass is 16.3. The van der Waals surface area contributed by atoms with Gasteiger partial charge in [0.05, 0.1) is 6.10 Å². The van der Waals surface area contributed by atoms with Gasteiger partial charge in [0.25, 0.3) is 5.91 Å². The third-order valence-electron chi connectivity index (χ3n) is 9.73. The molecule has 2 N–H and O–H groups in total. The lowest BCUT2D eigenvalue weighted by atomic mass is 9.66. The van der Waals surface area contributed by atoms with E-state index in [9.17, 15) is 14.7 Å². The Morgan fingerprint density at radius 1 is 0.905 bits per heavy atom. The van der Waals surface area contributed by atoms with Crippen LogP contribution in [0.25, 0.3) is 11.4 Å². The van der Waals surface area contributed by atoms with Crippen molar-refractivity contribution in [3.63, 3.8) is 0 Å². The zero-order valence-corrected chi connectivity index (χ0v) is 24.0. The summed E-state index contributed by atoms with van der Waals surface area (Å²) in [7, 11) is 0. The minimum Gasteiger partial charge on any atom is -0.390 e. The predicted octanol–water partition coefficient (Wildman–Crippen LogP) is 3.06. The molecule has 1 aromatic heterocycles. The summed E-state index contributed by atoms with van der Waals surface area (Å²) in [6.07, 6.45) is 2.17. The number of benzene rings is 2. The average Bonchev–Trinajstić information content (AvgIpc) is 3.03. The molecule has 4 aliphatic heterocycles. The summed E-state index contributed by atoms with van der Waals surface area (Å²) < 4.78 is 0. The first-order valence-corrected chi connectivity index (χ1v) is 15.2. The molecule has 5 aliphatic rings. The third kappa shape index (κ3) is 5.16. The number of piperidine rings is 3. The Hall–Kier alpha value is -3.82. The molecule has 5 heterocycles. The zero-order chi connectivity index (χ0) is 28.8. The van der Waals surface area contributed by atoms with Gasteiger partial charge < -0.3 is 20.2 Å². The SMILES string of the molecule is CC(=O)N1CC2CC(C1)C2Nc1cc(C(=O)N2CC[C@@H](N3CCc4ccccc4C3)[C@H](O)C2)nc(-c2ccccc2)n1. The number of anilines is 1. The second-order valence-corrected chi connectivity index (χ2v) is 12.3. The Kier molecular flexibility index (Phi) is 7.15. The number of fused-ring (bicyclic) bond motifs is 3. The Morgan fingerprint density at radius 2 is 1.64 bits per heavy atom. The topological polar surface area (TPSA) is 102 Å². The molecular weight excluding hydrogens is 528 g/mol.